The van der Waals surface area contributed by atoms with Crippen LogP contribution < -0.4 is 0 Å². The molecule has 0 spiro atoms. The van der Waals surface area contributed by atoms with Crippen LogP contribution in [-0.4, -0.2) is 18.9 Å². The quantitative estimate of drug-likeness (QED) is 0.188. The fraction of sp³-hybridized carbons (Fsp3) is 0. The van der Waals surface area contributed by atoms with Crippen LogP contribution in [0, 0.1) is 0 Å². The highest BCUT2D eigenvalue weighted by atomic mass is 15.2. The minimum atomic E-state index is 0.645. The van der Waals surface area contributed by atoms with Gasteiger partial charge in [-0.15, -0.1) is 0 Å². The molecule has 0 bridgehead atoms. The van der Waals surface area contributed by atoms with Gasteiger partial charge in [0.05, 0.1) is 27.8 Å². The molecule has 0 unspecified atom stereocenters. The lowest BCUT2D eigenvalue weighted by atomic mass is 9.97. The third-order valence-electron chi connectivity index (χ3n) is 10.5. The molecule has 7 aromatic carbocycles. The molecule has 4 nitrogen and oxygen atoms in total. The molecule has 0 saturated carbocycles. The van der Waals surface area contributed by atoms with Gasteiger partial charge >= 0.3 is 0 Å². The Morgan fingerprint density at radius 2 is 0.904 bits per heavy atom. The van der Waals surface area contributed by atoms with Gasteiger partial charge < -0.3 is 0 Å². The lowest BCUT2D eigenvalue weighted by Crippen LogP contribution is -2.06. The van der Waals surface area contributed by atoms with Crippen molar-refractivity contribution in [2.45, 2.75) is 0 Å². The van der Waals surface area contributed by atoms with Gasteiger partial charge in [-0.25, -0.2) is 9.97 Å². The van der Waals surface area contributed by atoms with E-state index in [0.717, 1.165) is 38.8 Å². The first-order valence-corrected chi connectivity index (χ1v) is 17.7. The van der Waals surface area contributed by atoms with Crippen LogP contribution in [0.5, 0.6) is 0 Å². The minimum Gasteiger partial charge on any atom is -0.294 e. The standard InChI is InChI=1S/C48H30N4/c1-3-15-31(16-4-1)32-27-29-33(30-28-32)43-38-22-10-13-25-41(38)51-46(43)36-20-8-7-19-35(36)44-39-23-11-14-26-42(39)52(47(44)51)48-49-40-24-12-9-21-37(40)45(50-48)34-17-5-2-6-18-34/h1-30H. The van der Waals surface area contributed by atoms with Crippen molar-refractivity contribution in [1.29, 1.82) is 0 Å². The zero-order chi connectivity index (χ0) is 34.2. The van der Waals surface area contributed by atoms with Crippen LogP contribution in [0.3, 0.4) is 0 Å². The van der Waals surface area contributed by atoms with Crippen molar-refractivity contribution in [2.75, 3.05) is 0 Å². The molecule has 11 aromatic rings. The van der Waals surface area contributed by atoms with Crippen LogP contribution in [-0.2, 0) is 0 Å². The summed E-state index contributed by atoms with van der Waals surface area (Å²) in [5, 5.41) is 6.99. The van der Waals surface area contributed by atoms with Crippen LogP contribution in [0.2, 0.25) is 0 Å². The summed E-state index contributed by atoms with van der Waals surface area (Å²) in [4.78, 5) is 10.7. The largest absolute Gasteiger partial charge is 0.294 e. The molecule has 242 valence electrons. The van der Waals surface area contributed by atoms with E-state index in [4.69, 9.17) is 9.97 Å². The van der Waals surface area contributed by atoms with Gasteiger partial charge in [-0.2, -0.15) is 0 Å². The molecule has 0 fully saturated rings. The Labute approximate surface area is 299 Å². The Bertz CT molecular complexity index is 3160. The Morgan fingerprint density at radius 1 is 0.365 bits per heavy atom. The molecular formula is C48H30N4. The summed E-state index contributed by atoms with van der Waals surface area (Å²) in [5.41, 5.74) is 12.1. The zero-order valence-electron chi connectivity index (χ0n) is 28.1. The molecule has 0 saturated heterocycles. The van der Waals surface area contributed by atoms with E-state index in [1.54, 1.807) is 0 Å². The van der Waals surface area contributed by atoms with Gasteiger partial charge in [0.15, 0.2) is 0 Å². The maximum Gasteiger partial charge on any atom is 0.236 e. The number of rotatable bonds is 4. The van der Waals surface area contributed by atoms with Crippen molar-refractivity contribution < 1.29 is 0 Å². The first-order valence-electron chi connectivity index (χ1n) is 17.7. The average Bonchev–Trinajstić information content (AvgIpc) is 3.75. The van der Waals surface area contributed by atoms with Crippen molar-refractivity contribution in [3.63, 3.8) is 0 Å². The number of hydrogen-bond donors (Lipinski definition) is 0. The second kappa shape index (κ2) is 11.2. The first-order chi connectivity index (χ1) is 25.8. The predicted molar refractivity (Wildman–Crippen MR) is 216 cm³/mol. The summed E-state index contributed by atoms with van der Waals surface area (Å²) in [5.74, 6) is 0.645. The number of nitrogens with zero attached hydrogens (tertiary/aromatic N) is 4. The topological polar surface area (TPSA) is 35.1 Å². The number of aromatic nitrogens is 4. The minimum absolute atomic E-state index is 0.645. The van der Waals surface area contributed by atoms with Crippen molar-refractivity contribution in [2.24, 2.45) is 0 Å². The fourth-order valence-corrected chi connectivity index (χ4v) is 8.26. The van der Waals surface area contributed by atoms with Crippen molar-refractivity contribution in [1.82, 2.24) is 18.9 Å². The molecule has 0 radical (unpaired) electrons. The SMILES string of the molecule is c1ccc(-c2ccc(-c3c4ccccc4n4c3c3ccccc3c3c5ccccc5n(-c5nc(-c6ccccc6)c6ccccc6n5)c34)cc2)cc1. The molecule has 0 aliphatic carbocycles. The maximum absolute atomic E-state index is 5.42. The Hall–Kier alpha value is -7.04. The van der Waals surface area contributed by atoms with Gasteiger partial charge in [0.2, 0.25) is 5.95 Å². The zero-order valence-corrected chi connectivity index (χ0v) is 28.1. The first kappa shape index (κ1) is 28.8. The maximum atomic E-state index is 5.42. The second-order valence-corrected chi connectivity index (χ2v) is 13.4. The number of hydrogen-bond acceptors (Lipinski definition) is 2. The van der Waals surface area contributed by atoms with Crippen LogP contribution in [0.1, 0.15) is 0 Å². The average molecular weight is 663 g/mol. The fourth-order valence-electron chi connectivity index (χ4n) is 8.26. The van der Waals surface area contributed by atoms with Gasteiger partial charge in [-0.1, -0.05) is 164 Å². The Kier molecular flexibility index (Phi) is 6.22. The van der Waals surface area contributed by atoms with Gasteiger partial charge in [0, 0.05) is 38.1 Å². The van der Waals surface area contributed by atoms with Crippen molar-refractivity contribution >= 4 is 60.0 Å². The molecular weight excluding hydrogens is 633 g/mol. The molecule has 11 rings (SSSR count). The molecule has 0 aliphatic rings. The third kappa shape index (κ3) is 4.15. The monoisotopic (exact) mass is 662 g/mol. The highest BCUT2D eigenvalue weighted by Gasteiger charge is 2.25. The van der Waals surface area contributed by atoms with E-state index in [1.807, 2.05) is 6.07 Å². The predicted octanol–water partition coefficient (Wildman–Crippen LogP) is 12.3. The molecule has 4 heteroatoms. The van der Waals surface area contributed by atoms with Crippen LogP contribution >= 0.6 is 0 Å². The van der Waals surface area contributed by atoms with Gasteiger partial charge in [0.1, 0.15) is 5.65 Å². The number of benzene rings is 7. The summed E-state index contributed by atoms with van der Waals surface area (Å²) in [6.45, 7) is 0. The van der Waals surface area contributed by atoms with E-state index in [1.165, 1.54) is 54.7 Å². The number of fused-ring (bicyclic) bond motifs is 11. The summed E-state index contributed by atoms with van der Waals surface area (Å²) in [6.07, 6.45) is 0. The van der Waals surface area contributed by atoms with E-state index in [0.29, 0.717) is 5.95 Å². The van der Waals surface area contributed by atoms with E-state index < -0.39 is 0 Å². The van der Waals surface area contributed by atoms with Crippen molar-refractivity contribution in [3.8, 4) is 39.5 Å². The lowest BCUT2D eigenvalue weighted by Gasteiger charge is -2.14. The molecule has 52 heavy (non-hydrogen) atoms. The summed E-state index contributed by atoms with van der Waals surface area (Å²) >= 11 is 0. The molecule has 0 aliphatic heterocycles. The Balaban J connectivity index is 1.32. The highest BCUT2D eigenvalue weighted by Crippen LogP contribution is 2.45. The van der Waals surface area contributed by atoms with E-state index >= 15 is 0 Å². The Morgan fingerprint density at radius 3 is 1.65 bits per heavy atom. The van der Waals surface area contributed by atoms with Crippen molar-refractivity contribution in [3.05, 3.63) is 182 Å². The molecule has 4 heterocycles. The summed E-state index contributed by atoms with van der Waals surface area (Å²) < 4.78 is 4.76. The van der Waals surface area contributed by atoms with E-state index in [-0.39, 0.29) is 0 Å². The normalized spacial score (nSPS) is 11.8. The van der Waals surface area contributed by atoms with Gasteiger partial charge in [-0.05, 0) is 40.3 Å². The molecule has 0 N–H and O–H groups in total. The van der Waals surface area contributed by atoms with Gasteiger partial charge in [-0.3, -0.25) is 8.97 Å². The molecule has 4 aromatic heterocycles. The van der Waals surface area contributed by atoms with E-state index in [2.05, 4.69) is 185 Å². The van der Waals surface area contributed by atoms with Crippen LogP contribution in [0.25, 0.3) is 99.5 Å². The van der Waals surface area contributed by atoms with Gasteiger partial charge in [0.25, 0.3) is 0 Å². The highest BCUT2D eigenvalue weighted by molar-refractivity contribution is 6.27. The third-order valence-corrected chi connectivity index (χ3v) is 10.5. The van der Waals surface area contributed by atoms with E-state index in [9.17, 15) is 0 Å². The summed E-state index contributed by atoms with van der Waals surface area (Å²) in [7, 11) is 0. The summed E-state index contributed by atoms with van der Waals surface area (Å²) in [6, 6.07) is 64.7. The molecule has 0 amide bonds. The second-order valence-electron chi connectivity index (χ2n) is 13.4. The van der Waals surface area contributed by atoms with Crippen LogP contribution in [0.4, 0.5) is 0 Å². The smallest absolute Gasteiger partial charge is 0.236 e. The number of para-hydroxylation sites is 3. The number of pyridine rings is 1. The molecule has 0 atom stereocenters. The lowest BCUT2D eigenvalue weighted by molar-refractivity contribution is 0.992. The van der Waals surface area contributed by atoms with Crippen LogP contribution in [0.15, 0.2) is 182 Å².